The Hall–Kier alpha value is -0.580. The van der Waals surface area contributed by atoms with Crippen molar-refractivity contribution >= 4 is 39.3 Å². The van der Waals surface area contributed by atoms with Crippen LogP contribution >= 0.6 is 39.3 Å². The average Bonchev–Trinajstić information content (AvgIpc) is 2.15. The van der Waals surface area contributed by atoms with Gasteiger partial charge in [0.05, 0.1) is 0 Å². The first-order valence-corrected chi connectivity index (χ1v) is 6.57. The molecule has 0 aliphatic carbocycles. The van der Waals surface area contributed by atoms with Gasteiger partial charge in [-0.3, -0.25) is 0 Å². The Labute approximate surface area is 112 Å². The molecule has 82 valence electrons. The Morgan fingerprint density at radius 2 is 2.06 bits per heavy atom. The van der Waals surface area contributed by atoms with E-state index in [1.54, 1.807) is 11.8 Å². The minimum absolute atomic E-state index is 0.731. The second kappa shape index (κ2) is 5.17. The Morgan fingerprint density at radius 3 is 2.75 bits per heavy atom. The lowest BCUT2D eigenvalue weighted by Crippen LogP contribution is -1.89. The zero-order valence-corrected chi connectivity index (χ0v) is 11.6. The van der Waals surface area contributed by atoms with Gasteiger partial charge in [-0.2, -0.15) is 0 Å². The van der Waals surface area contributed by atoms with E-state index >= 15 is 0 Å². The lowest BCUT2D eigenvalue weighted by molar-refractivity contribution is 0.951. The maximum Gasteiger partial charge on any atom is 0.127 e. The van der Waals surface area contributed by atoms with Gasteiger partial charge in [0.25, 0.3) is 0 Å². The predicted octanol–water partition coefficient (Wildman–Crippen LogP) is 4.35. The smallest absolute Gasteiger partial charge is 0.127 e. The average molecular weight is 316 g/mol. The van der Waals surface area contributed by atoms with E-state index in [1.807, 2.05) is 37.3 Å². The summed E-state index contributed by atoms with van der Waals surface area (Å²) in [6, 6.07) is 9.58. The number of rotatable bonds is 2. The summed E-state index contributed by atoms with van der Waals surface area (Å²) in [6.45, 7) is 1.87. The van der Waals surface area contributed by atoms with Crippen LogP contribution in [-0.4, -0.2) is 9.97 Å². The number of aryl methyl sites for hydroxylation is 1. The molecule has 0 N–H and O–H groups in total. The van der Waals surface area contributed by atoms with Crippen LogP contribution in [-0.2, 0) is 0 Å². The fraction of sp³-hybridized carbons (Fsp3) is 0.0909. The third kappa shape index (κ3) is 3.20. The molecule has 0 unspecified atom stereocenters. The quantitative estimate of drug-likeness (QED) is 0.770. The van der Waals surface area contributed by atoms with Crippen molar-refractivity contribution in [3.8, 4) is 0 Å². The second-order valence-corrected chi connectivity index (χ2v) is 5.48. The molecule has 2 nitrogen and oxygen atoms in total. The number of hydrogen-bond acceptors (Lipinski definition) is 3. The van der Waals surface area contributed by atoms with Crippen LogP contribution in [0.15, 0.2) is 44.9 Å². The molecule has 16 heavy (non-hydrogen) atoms. The molecule has 2 rings (SSSR count). The normalized spacial score (nSPS) is 10.4. The number of benzene rings is 1. The van der Waals surface area contributed by atoms with Gasteiger partial charge in [-0.25, -0.2) is 9.97 Å². The van der Waals surface area contributed by atoms with Crippen molar-refractivity contribution in [1.82, 2.24) is 9.97 Å². The van der Waals surface area contributed by atoms with E-state index in [2.05, 4.69) is 25.9 Å². The van der Waals surface area contributed by atoms with Gasteiger partial charge < -0.3 is 0 Å². The van der Waals surface area contributed by atoms with E-state index in [9.17, 15) is 0 Å². The molecular weight excluding hydrogens is 308 g/mol. The van der Waals surface area contributed by atoms with Gasteiger partial charge in [-0.1, -0.05) is 29.4 Å². The molecule has 1 aromatic heterocycles. The van der Waals surface area contributed by atoms with E-state index in [0.717, 1.165) is 25.4 Å². The van der Waals surface area contributed by atoms with Crippen LogP contribution in [0, 0.1) is 6.92 Å². The Morgan fingerprint density at radius 1 is 1.25 bits per heavy atom. The fourth-order valence-corrected chi connectivity index (χ4v) is 3.01. The predicted molar refractivity (Wildman–Crippen MR) is 70.0 cm³/mol. The highest BCUT2D eigenvalue weighted by Gasteiger charge is 2.02. The third-order valence-electron chi connectivity index (χ3n) is 1.80. The number of hydrogen-bond donors (Lipinski definition) is 0. The molecule has 2 aromatic rings. The minimum Gasteiger partial charge on any atom is -0.226 e. The van der Waals surface area contributed by atoms with Crippen LogP contribution < -0.4 is 0 Å². The summed E-state index contributed by atoms with van der Waals surface area (Å²) >= 11 is 10.8. The molecule has 0 fully saturated rings. The Balaban J connectivity index is 2.27. The molecule has 0 saturated carbocycles. The molecule has 0 radical (unpaired) electrons. The lowest BCUT2D eigenvalue weighted by Gasteiger charge is -2.02. The first-order valence-electron chi connectivity index (χ1n) is 4.58. The molecule has 1 heterocycles. The SMILES string of the molecule is Cc1nc(Br)cc(Sc2cccc(Cl)c2)n1. The summed E-state index contributed by atoms with van der Waals surface area (Å²) in [5.41, 5.74) is 0. The van der Waals surface area contributed by atoms with Crippen molar-refractivity contribution in [3.05, 3.63) is 45.8 Å². The monoisotopic (exact) mass is 314 g/mol. The molecule has 0 atom stereocenters. The fourth-order valence-electron chi connectivity index (χ4n) is 1.21. The van der Waals surface area contributed by atoms with Crippen molar-refractivity contribution < 1.29 is 0 Å². The zero-order valence-electron chi connectivity index (χ0n) is 8.45. The molecule has 0 spiro atoms. The van der Waals surface area contributed by atoms with Crippen LogP contribution in [0.5, 0.6) is 0 Å². The minimum atomic E-state index is 0.731. The Kier molecular flexibility index (Phi) is 3.84. The maximum absolute atomic E-state index is 5.92. The summed E-state index contributed by atoms with van der Waals surface area (Å²) in [5, 5.41) is 1.64. The topological polar surface area (TPSA) is 25.8 Å². The van der Waals surface area contributed by atoms with E-state index in [0.29, 0.717) is 0 Å². The van der Waals surface area contributed by atoms with Gasteiger partial charge >= 0.3 is 0 Å². The van der Waals surface area contributed by atoms with Crippen molar-refractivity contribution in [2.75, 3.05) is 0 Å². The molecule has 0 bridgehead atoms. The van der Waals surface area contributed by atoms with Crippen molar-refractivity contribution in [1.29, 1.82) is 0 Å². The first kappa shape index (κ1) is 11.9. The summed E-state index contributed by atoms with van der Waals surface area (Å²) in [7, 11) is 0. The maximum atomic E-state index is 5.92. The zero-order chi connectivity index (χ0) is 11.5. The van der Waals surface area contributed by atoms with E-state index in [4.69, 9.17) is 11.6 Å². The summed E-state index contributed by atoms with van der Waals surface area (Å²) in [4.78, 5) is 9.56. The molecule has 5 heteroatoms. The second-order valence-electron chi connectivity index (χ2n) is 3.14. The van der Waals surface area contributed by atoms with Crippen molar-refractivity contribution in [3.63, 3.8) is 0 Å². The molecule has 0 saturated heterocycles. The highest BCUT2D eigenvalue weighted by molar-refractivity contribution is 9.10. The van der Waals surface area contributed by atoms with E-state index < -0.39 is 0 Å². The van der Waals surface area contributed by atoms with Crippen molar-refractivity contribution in [2.45, 2.75) is 16.8 Å². The molecule has 1 aromatic carbocycles. The molecule has 0 aliphatic heterocycles. The lowest BCUT2D eigenvalue weighted by atomic mass is 10.4. The Bertz CT molecular complexity index is 499. The molecular formula is C11H8BrClN2S. The van der Waals surface area contributed by atoms with Crippen LogP contribution in [0.1, 0.15) is 5.82 Å². The van der Waals surface area contributed by atoms with E-state index in [-0.39, 0.29) is 0 Å². The largest absolute Gasteiger partial charge is 0.226 e. The van der Waals surface area contributed by atoms with Crippen molar-refractivity contribution in [2.24, 2.45) is 0 Å². The van der Waals surface area contributed by atoms with Gasteiger partial charge in [0.2, 0.25) is 0 Å². The van der Waals surface area contributed by atoms with E-state index in [1.165, 1.54) is 0 Å². The number of aromatic nitrogens is 2. The summed E-state index contributed by atoms with van der Waals surface area (Å²) in [6.07, 6.45) is 0. The van der Waals surface area contributed by atoms with Gasteiger partial charge in [0.1, 0.15) is 15.5 Å². The van der Waals surface area contributed by atoms with Crippen LogP contribution in [0.25, 0.3) is 0 Å². The van der Waals surface area contributed by atoms with Crippen LogP contribution in [0.4, 0.5) is 0 Å². The summed E-state index contributed by atoms with van der Waals surface area (Å²) in [5.74, 6) is 0.749. The third-order valence-corrected chi connectivity index (χ3v) is 3.35. The first-order chi connectivity index (χ1) is 7.63. The van der Waals surface area contributed by atoms with Gasteiger partial charge in [-0.15, -0.1) is 0 Å². The van der Waals surface area contributed by atoms with Gasteiger partial charge in [-0.05, 0) is 41.1 Å². The highest BCUT2D eigenvalue weighted by Crippen LogP contribution is 2.29. The number of halogens is 2. The van der Waals surface area contributed by atoms with Crippen LogP contribution in [0.3, 0.4) is 0 Å². The standard InChI is InChI=1S/C11H8BrClN2S/c1-7-14-10(12)6-11(15-7)16-9-4-2-3-8(13)5-9/h2-6H,1H3. The highest BCUT2D eigenvalue weighted by atomic mass is 79.9. The van der Waals surface area contributed by atoms with Crippen LogP contribution in [0.2, 0.25) is 5.02 Å². The molecule has 0 amide bonds. The molecule has 0 aliphatic rings. The number of nitrogens with zero attached hydrogens (tertiary/aromatic N) is 2. The summed E-state index contributed by atoms with van der Waals surface area (Å²) < 4.78 is 0.796. The van der Waals surface area contributed by atoms with Gasteiger partial charge in [0.15, 0.2) is 0 Å². The van der Waals surface area contributed by atoms with Gasteiger partial charge in [0, 0.05) is 16.0 Å².